The molecule has 1 atom stereocenters. The molecule has 6 nitrogen and oxygen atoms in total. The second-order valence-corrected chi connectivity index (χ2v) is 6.15. The van der Waals surface area contributed by atoms with Crippen LogP contribution in [0.1, 0.15) is 12.8 Å². The molecule has 9 heteroatoms. The highest BCUT2D eigenvalue weighted by atomic mass is 35.5. The Hall–Kier alpha value is -0.760. The average Bonchev–Trinajstić information content (AvgIpc) is 3.03. The van der Waals surface area contributed by atoms with Gasteiger partial charge in [0.2, 0.25) is 5.91 Å². The van der Waals surface area contributed by atoms with E-state index >= 15 is 0 Å². The smallest absolute Gasteiger partial charge is 0.240 e. The summed E-state index contributed by atoms with van der Waals surface area (Å²) in [4.78, 5) is 14.3. The highest BCUT2D eigenvalue weighted by molar-refractivity contribution is 7.99. The Morgan fingerprint density at radius 1 is 1.36 bits per heavy atom. The molecule has 124 valence electrons. The highest BCUT2D eigenvalue weighted by Gasteiger charge is 2.30. The van der Waals surface area contributed by atoms with E-state index in [1.165, 1.54) is 0 Å². The predicted molar refractivity (Wildman–Crippen MR) is 94.0 cm³/mol. The van der Waals surface area contributed by atoms with Crippen LogP contribution in [0.15, 0.2) is 18.3 Å². The van der Waals surface area contributed by atoms with Crippen molar-refractivity contribution in [3.05, 3.63) is 18.3 Å². The summed E-state index contributed by atoms with van der Waals surface area (Å²) in [5, 5.41) is 14.5. The Labute approximate surface area is 147 Å². The normalized spacial score (nSPS) is 21.6. The Morgan fingerprint density at radius 2 is 2.14 bits per heavy atom. The van der Waals surface area contributed by atoms with Crippen LogP contribution in [0.3, 0.4) is 0 Å². The lowest BCUT2D eigenvalue weighted by molar-refractivity contribution is -0.133. The first kappa shape index (κ1) is 19.3. The number of carbonyl (C=O) groups excluding carboxylic acids is 1. The average molecular weight is 366 g/mol. The maximum absolute atomic E-state index is 12.3. The molecular formula is C13H21Cl2N5OS. The lowest BCUT2D eigenvalue weighted by atomic mass is 10.0. The molecule has 3 rings (SSSR count). The maximum Gasteiger partial charge on any atom is 0.240 e. The van der Waals surface area contributed by atoms with Crippen LogP contribution in [0.2, 0.25) is 0 Å². The number of nitrogens with zero attached hydrogens (tertiary/aromatic N) is 3. The Morgan fingerprint density at radius 3 is 2.73 bits per heavy atom. The summed E-state index contributed by atoms with van der Waals surface area (Å²) in [5.74, 6) is 2.86. The van der Waals surface area contributed by atoms with E-state index in [0.717, 1.165) is 43.4 Å². The van der Waals surface area contributed by atoms with Crippen LogP contribution >= 0.6 is 36.6 Å². The van der Waals surface area contributed by atoms with E-state index in [1.807, 2.05) is 17.0 Å². The number of likely N-dealkylation sites (tertiary alicyclic amines) is 1. The predicted octanol–water partition coefficient (Wildman–Crippen LogP) is 1.39. The monoisotopic (exact) mass is 365 g/mol. The molecule has 22 heavy (non-hydrogen) atoms. The molecule has 2 aliphatic rings. The minimum Gasteiger partial charge on any atom is -0.366 e. The van der Waals surface area contributed by atoms with E-state index in [1.54, 1.807) is 18.0 Å². The van der Waals surface area contributed by atoms with Gasteiger partial charge in [-0.15, -0.1) is 41.7 Å². The number of piperidine rings is 1. The van der Waals surface area contributed by atoms with Gasteiger partial charge in [0.05, 0.1) is 6.04 Å². The fraction of sp³-hybridized carbons (Fsp3) is 0.615. The number of carbonyl (C=O) groups is 1. The van der Waals surface area contributed by atoms with Crippen molar-refractivity contribution in [1.29, 1.82) is 0 Å². The van der Waals surface area contributed by atoms with E-state index in [-0.39, 0.29) is 36.8 Å². The van der Waals surface area contributed by atoms with Crippen LogP contribution in [0.4, 0.5) is 5.82 Å². The van der Waals surface area contributed by atoms with Crippen molar-refractivity contribution in [2.75, 3.05) is 30.0 Å². The van der Waals surface area contributed by atoms with E-state index < -0.39 is 0 Å². The van der Waals surface area contributed by atoms with Gasteiger partial charge >= 0.3 is 0 Å². The molecule has 0 radical (unpaired) electrons. The van der Waals surface area contributed by atoms with Crippen LogP contribution in [-0.2, 0) is 4.79 Å². The number of hydrogen-bond donors (Lipinski definition) is 2. The van der Waals surface area contributed by atoms with Crippen LogP contribution in [0, 0.1) is 0 Å². The number of anilines is 1. The van der Waals surface area contributed by atoms with Gasteiger partial charge in [-0.3, -0.25) is 10.1 Å². The van der Waals surface area contributed by atoms with Gasteiger partial charge in [0, 0.05) is 37.0 Å². The van der Waals surface area contributed by atoms with Crippen molar-refractivity contribution >= 4 is 48.3 Å². The topological polar surface area (TPSA) is 70.2 Å². The van der Waals surface area contributed by atoms with Crippen molar-refractivity contribution in [1.82, 2.24) is 20.4 Å². The maximum atomic E-state index is 12.3. The molecule has 2 N–H and O–H groups in total. The molecule has 3 heterocycles. The molecule has 0 bridgehead atoms. The van der Waals surface area contributed by atoms with Gasteiger partial charge in [-0.05, 0) is 25.0 Å². The number of amides is 1. The molecule has 2 saturated heterocycles. The van der Waals surface area contributed by atoms with Gasteiger partial charge in [-0.25, -0.2) is 0 Å². The minimum absolute atomic E-state index is 0. The SMILES string of the molecule is Cl.Cl.O=C(C1CSCN1)N1CCC(Nc2cccnn2)CC1. The highest BCUT2D eigenvalue weighted by Crippen LogP contribution is 2.18. The zero-order valence-corrected chi connectivity index (χ0v) is 14.6. The van der Waals surface area contributed by atoms with Gasteiger partial charge in [-0.1, -0.05) is 0 Å². The summed E-state index contributed by atoms with van der Waals surface area (Å²) in [6.07, 6.45) is 3.59. The number of nitrogens with one attached hydrogen (secondary N) is 2. The summed E-state index contributed by atoms with van der Waals surface area (Å²) in [7, 11) is 0. The number of rotatable bonds is 3. The second kappa shape index (κ2) is 9.39. The van der Waals surface area contributed by atoms with E-state index in [0.29, 0.717) is 6.04 Å². The molecule has 1 aromatic heterocycles. The summed E-state index contributed by atoms with van der Waals surface area (Å²) < 4.78 is 0. The van der Waals surface area contributed by atoms with Crippen molar-refractivity contribution in [3.8, 4) is 0 Å². The van der Waals surface area contributed by atoms with Crippen LogP contribution in [0.5, 0.6) is 0 Å². The molecule has 0 aromatic carbocycles. The van der Waals surface area contributed by atoms with Crippen LogP contribution in [-0.4, -0.2) is 57.8 Å². The fourth-order valence-electron chi connectivity index (χ4n) is 2.61. The summed E-state index contributed by atoms with van der Waals surface area (Å²) in [6, 6.07) is 4.19. The first-order valence-electron chi connectivity index (χ1n) is 6.97. The van der Waals surface area contributed by atoms with Gasteiger partial charge < -0.3 is 10.2 Å². The molecule has 0 saturated carbocycles. The molecule has 2 aliphatic heterocycles. The van der Waals surface area contributed by atoms with Crippen molar-refractivity contribution in [3.63, 3.8) is 0 Å². The third-order valence-electron chi connectivity index (χ3n) is 3.75. The standard InChI is InChI=1S/C13H19N5OS.2ClH/c19-13(11-8-20-9-14-11)18-6-3-10(4-7-18)16-12-2-1-5-15-17-12;;/h1-2,5,10-11,14H,3-4,6-9H2,(H,16,17);2*1H. The summed E-state index contributed by atoms with van der Waals surface area (Å²) >= 11 is 1.79. The van der Waals surface area contributed by atoms with Crippen molar-refractivity contribution in [2.24, 2.45) is 0 Å². The molecule has 1 unspecified atom stereocenters. The van der Waals surface area contributed by atoms with E-state index in [4.69, 9.17) is 0 Å². The molecule has 1 amide bonds. The Kier molecular flexibility index (Phi) is 8.24. The lowest BCUT2D eigenvalue weighted by Gasteiger charge is -2.33. The lowest BCUT2D eigenvalue weighted by Crippen LogP contribution is -2.49. The van der Waals surface area contributed by atoms with Crippen LogP contribution < -0.4 is 10.6 Å². The number of thioether (sulfide) groups is 1. The largest absolute Gasteiger partial charge is 0.366 e. The molecule has 0 aliphatic carbocycles. The van der Waals surface area contributed by atoms with Gasteiger partial charge in [0.1, 0.15) is 5.82 Å². The number of halogens is 2. The number of hydrogen-bond acceptors (Lipinski definition) is 6. The third kappa shape index (κ3) is 4.87. The first-order chi connectivity index (χ1) is 9.83. The van der Waals surface area contributed by atoms with Gasteiger partial charge in [0.25, 0.3) is 0 Å². The second-order valence-electron chi connectivity index (χ2n) is 5.12. The Balaban J connectivity index is 0.00000121. The third-order valence-corrected chi connectivity index (χ3v) is 4.69. The van der Waals surface area contributed by atoms with E-state index in [9.17, 15) is 4.79 Å². The van der Waals surface area contributed by atoms with E-state index in [2.05, 4.69) is 20.8 Å². The Bertz CT molecular complexity index is 453. The minimum atomic E-state index is 0. The van der Waals surface area contributed by atoms with Crippen molar-refractivity contribution in [2.45, 2.75) is 24.9 Å². The molecular weight excluding hydrogens is 345 g/mol. The van der Waals surface area contributed by atoms with Gasteiger partial charge in [0.15, 0.2) is 0 Å². The zero-order valence-electron chi connectivity index (χ0n) is 12.1. The number of aromatic nitrogens is 2. The summed E-state index contributed by atoms with van der Waals surface area (Å²) in [6.45, 7) is 1.64. The quantitative estimate of drug-likeness (QED) is 0.843. The van der Waals surface area contributed by atoms with Crippen LogP contribution in [0.25, 0.3) is 0 Å². The molecule has 2 fully saturated rings. The fourth-order valence-corrected chi connectivity index (χ4v) is 3.54. The molecule has 0 spiro atoms. The summed E-state index contributed by atoms with van der Waals surface area (Å²) in [5.41, 5.74) is 0. The van der Waals surface area contributed by atoms with Crippen molar-refractivity contribution < 1.29 is 4.79 Å². The first-order valence-corrected chi connectivity index (χ1v) is 8.12. The zero-order chi connectivity index (χ0) is 13.8. The van der Waals surface area contributed by atoms with Gasteiger partial charge in [-0.2, -0.15) is 5.10 Å². The molecule has 1 aromatic rings.